The third kappa shape index (κ3) is 3.31. The van der Waals surface area contributed by atoms with E-state index in [0.717, 1.165) is 26.3 Å². The molecule has 2 rings (SSSR count). The van der Waals surface area contributed by atoms with Gasteiger partial charge in [0.2, 0.25) is 0 Å². The van der Waals surface area contributed by atoms with Crippen molar-refractivity contribution in [1.82, 2.24) is 0 Å². The van der Waals surface area contributed by atoms with E-state index >= 15 is 0 Å². The van der Waals surface area contributed by atoms with Crippen molar-refractivity contribution in [3.8, 4) is 0 Å². The normalized spacial score (nSPS) is 19.6. The van der Waals surface area contributed by atoms with E-state index in [2.05, 4.69) is 0 Å². The summed E-state index contributed by atoms with van der Waals surface area (Å²) in [7, 11) is -3.17. The minimum Gasteiger partial charge on any atom is -0.370 e. The molecule has 4 nitrogen and oxygen atoms in total. The van der Waals surface area contributed by atoms with Gasteiger partial charge >= 0.3 is 0 Å². The summed E-state index contributed by atoms with van der Waals surface area (Å²) < 4.78 is 29.8. The summed E-state index contributed by atoms with van der Waals surface area (Å²) in [6.07, 6.45) is 0. The second kappa shape index (κ2) is 5.82. The Labute approximate surface area is 108 Å². The number of sulfone groups is 1. The van der Waals surface area contributed by atoms with Crippen molar-refractivity contribution in [2.75, 3.05) is 32.1 Å². The van der Waals surface area contributed by atoms with Crippen LogP contribution < -0.4 is 4.90 Å². The third-order valence-electron chi connectivity index (χ3n) is 3.40. The standard InChI is InChI=1S/C13H19NO3S/c1-12(14-7-9-17-10-8-14)11-18(15,16)13-5-3-2-4-6-13/h2-6,12H,7-11H2,1H3/p+1/t12-/m1/s1. The Morgan fingerprint density at radius 1 is 1.22 bits per heavy atom. The van der Waals surface area contributed by atoms with Crippen LogP contribution in [-0.2, 0) is 14.6 Å². The molecule has 1 aromatic rings. The molecule has 5 heteroatoms. The summed E-state index contributed by atoms with van der Waals surface area (Å²) in [5.74, 6) is 0.201. The molecule has 1 atom stereocenters. The molecule has 0 aromatic heterocycles. The first-order valence-electron chi connectivity index (χ1n) is 6.30. The number of quaternary nitrogens is 1. The Hall–Kier alpha value is -0.910. The smallest absolute Gasteiger partial charge is 0.184 e. The fourth-order valence-corrected chi connectivity index (χ4v) is 3.96. The first-order valence-corrected chi connectivity index (χ1v) is 7.95. The monoisotopic (exact) mass is 270 g/mol. The predicted molar refractivity (Wildman–Crippen MR) is 69.5 cm³/mol. The molecule has 0 aliphatic carbocycles. The average molecular weight is 270 g/mol. The highest BCUT2D eigenvalue weighted by atomic mass is 32.2. The van der Waals surface area contributed by atoms with Crippen LogP contribution in [0, 0.1) is 0 Å². The molecule has 0 radical (unpaired) electrons. The first-order chi connectivity index (χ1) is 8.59. The molecular weight excluding hydrogens is 250 g/mol. The summed E-state index contributed by atoms with van der Waals surface area (Å²) in [4.78, 5) is 1.74. The molecule has 100 valence electrons. The Kier molecular flexibility index (Phi) is 4.37. The number of nitrogens with one attached hydrogen (secondary N) is 1. The maximum Gasteiger partial charge on any atom is 0.184 e. The molecule has 1 N–H and O–H groups in total. The van der Waals surface area contributed by atoms with Gasteiger partial charge in [-0.2, -0.15) is 0 Å². The Morgan fingerprint density at radius 2 is 1.83 bits per heavy atom. The van der Waals surface area contributed by atoms with Gasteiger partial charge in [0, 0.05) is 0 Å². The topological polar surface area (TPSA) is 47.8 Å². The molecule has 1 aliphatic heterocycles. The highest BCUT2D eigenvalue weighted by Crippen LogP contribution is 2.10. The zero-order valence-corrected chi connectivity index (χ0v) is 11.4. The summed E-state index contributed by atoms with van der Waals surface area (Å²) in [6.45, 7) is 5.24. The van der Waals surface area contributed by atoms with Crippen LogP contribution in [0.25, 0.3) is 0 Å². The van der Waals surface area contributed by atoms with E-state index in [9.17, 15) is 8.42 Å². The Balaban J connectivity index is 2.04. The summed E-state index contributed by atoms with van der Waals surface area (Å²) >= 11 is 0. The van der Waals surface area contributed by atoms with E-state index in [1.54, 1.807) is 24.3 Å². The zero-order valence-electron chi connectivity index (χ0n) is 10.6. The van der Waals surface area contributed by atoms with Crippen molar-refractivity contribution in [3.63, 3.8) is 0 Å². The minimum absolute atomic E-state index is 0.110. The number of morpholine rings is 1. The van der Waals surface area contributed by atoms with Gasteiger partial charge in [0.15, 0.2) is 9.84 Å². The number of ether oxygens (including phenoxy) is 1. The number of benzene rings is 1. The van der Waals surface area contributed by atoms with E-state index in [-0.39, 0.29) is 11.8 Å². The van der Waals surface area contributed by atoms with Gasteiger partial charge in [-0.25, -0.2) is 8.42 Å². The van der Waals surface area contributed by atoms with Crippen LogP contribution in [0.15, 0.2) is 35.2 Å². The van der Waals surface area contributed by atoms with Crippen molar-refractivity contribution in [3.05, 3.63) is 30.3 Å². The molecule has 1 aromatic carbocycles. The van der Waals surface area contributed by atoms with Crippen molar-refractivity contribution >= 4 is 9.84 Å². The molecule has 0 saturated carbocycles. The fraction of sp³-hybridized carbons (Fsp3) is 0.538. The number of hydrogen-bond acceptors (Lipinski definition) is 3. The van der Waals surface area contributed by atoms with Gasteiger partial charge in [0.1, 0.15) is 18.8 Å². The molecule has 1 heterocycles. The van der Waals surface area contributed by atoms with Crippen LogP contribution in [0.1, 0.15) is 6.92 Å². The van der Waals surface area contributed by atoms with Crippen LogP contribution in [0.3, 0.4) is 0 Å². The highest BCUT2D eigenvalue weighted by molar-refractivity contribution is 7.91. The highest BCUT2D eigenvalue weighted by Gasteiger charge is 2.26. The van der Waals surface area contributed by atoms with E-state index in [1.165, 1.54) is 4.90 Å². The van der Waals surface area contributed by atoms with Crippen molar-refractivity contribution < 1.29 is 18.1 Å². The number of rotatable bonds is 4. The molecule has 1 fully saturated rings. The molecule has 0 bridgehead atoms. The van der Waals surface area contributed by atoms with Gasteiger partial charge in [-0.1, -0.05) is 18.2 Å². The number of hydrogen-bond donors (Lipinski definition) is 1. The van der Waals surface area contributed by atoms with Gasteiger partial charge < -0.3 is 9.64 Å². The zero-order chi connectivity index (χ0) is 13.0. The largest absolute Gasteiger partial charge is 0.370 e. The first kappa shape index (κ1) is 13.5. The van der Waals surface area contributed by atoms with Gasteiger partial charge in [0.25, 0.3) is 0 Å². The Morgan fingerprint density at radius 3 is 2.44 bits per heavy atom. The van der Waals surface area contributed by atoms with Crippen molar-refractivity contribution in [2.45, 2.75) is 17.9 Å². The molecule has 0 spiro atoms. The fourth-order valence-electron chi connectivity index (χ4n) is 2.30. The lowest BCUT2D eigenvalue weighted by Crippen LogP contribution is -3.17. The maximum absolute atomic E-state index is 12.2. The quantitative estimate of drug-likeness (QED) is 0.822. The van der Waals surface area contributed by atoms with Gasteiger partial charge in [-0.15, -0.1) is 0 Å². The molecule has 0 unspecified atom stereocenters. The lowest BCUT2D eigenvalue weighted by Gasteiger charge is -2.29. The molecular formula is C13H20NO3S+. The average Bonchev–Trinajstić information content (AvgIpc) is 2.40. The van der Waals surface area contributed by atoms with E-state index < -0.39 is 9.84 Å². The van der Waals surface area contributed by atoms with Crippen molar-refractivity contribution in [1.29, 1.82) is 0 Å². The van der Waals surface area contributed by atoms with E-state index in [1.807, 2.05) is 13.0 Å². The summed E-state index contributed by atoms with van der Waals surface area (Å²) in [6, 6.07) is 8.79. The SMILES string of the molecule is C[C@H](CS(=O)(=O)c1ccccc1)[NH+]1CCOCC1. The van der Waals surface area contributed by atoms with Gasteiger partial charge in [-0.05, 0) is 19.1 Å². The molecule has 0 amide bonds. The van der Waals surface area contributed by atoms with Crippen LogP contribution in [-0.4, -0.2) is 46.5 Å². The molecule has 18 heavy (non-hydrogen) atoms. The summed E-state index contributed by atoms with van der Waals surface area (Å²) in [5.41, 5.74) is 0. The van der Waals surface area contributed by atoms with E-state index in [4.69, 9.17) is 4.74 Å². The van der Waals surface area contributed by atoms with Crippen LogP contribution in [0.4, 0.5) is 0 Å². The summed E-state index contributed by atoms with van der Waals surface area (Å²) in [5, 5.41) is 0. The predicted octanol–water partition coefficient (Wildman–Crippen LogP) is -0.236. The second-order valence-electron chi connectivity index (χ2n) is 4.77. The second-order valence-corrected chi connectivity index (χ2v) is 6.80. The lowest BCUT2D eigenvalue weighted by molar-refractivity contribution is -0.928. The maximum atomic E-state index is 12.2. The van der Waals surface area contributed by atoms with Crippen LogP contribution >= 0.6 is 0 Å². The van der Waals surface area contributed by atoms with Crippen LogP contribution in [0.2, 0.25) is 0 Å². The molecule has 1 saturated heterocycles. The molecule has 1 aliphatic rings. The van der Waals surface area contributed by atoms with Crippen molar-refractivity contribution in [2.24, 2.45) is 0 Å². The van der Waals surface area contributed by atoms with Gasteiger partial charge in [0.05, 0.1) is 24.2 Å². The van der Waals surface area contributed by atoms with Crippen LogP contribution in [0.5, 0.6) is 0 Å². The lowest BCUT2D eigenvalue weighted by atomic mass is 10.3. The van der Waals surface area contributed by atoms with E-state index in [0.29, 0.717) is 4.90 Å². The third-order valence-corrected chi connectivity index (χ3v) is 5.33. The van der Waals surface area contributed by atoms with Gasteiger partial charge in [-0.3, -0.25) is 0 Å². The Bertz CT molecular complexity index is 466. The minimum atomic E-state index is -3.17.